The van der Waals surface area contributed by atoms with Crippen molar-refractivity contribution < 1.29 is 9.13 Å². The van der Waals surface area contributed by atoms with Gasteiger partial charge in [0.15, 0.2) is 0 Å². The molecule has 156 valence electrons. The summed E-state index contributed by atoms with van der Waals surface area (Å²) < 4.78 is 20.8. The Hall–Kier alpha value is -3.03. The molecule has 0 N–H and O–H groups in total. The lowest BCUT2D eigenvalue weighted by atomic mass is 10.2. The van der Waals surface area contributed by atoms with E-state index in [1.165, 1.54) is 23.0 Å². The van der Waals surface area contributed by atoms with Gasteiger partial charge in [-0.15, -0.1) is 0 Å². The van der Waals surface area contributed by atoms with Crippen LogP contribution < -0.4 is 10.3 Å². The van der Waals surface area contributed by atoms with Crippen molar-refractivity contribution in [3.63, 3.8) is 0 Å². The van der Waals surface area contributed by atoms with Crippen molar-refractivity contribution in [3.05, 3.63) is 103 Å². The van der Waals surface area contributed by atoms with Gasteiger partial charge in [0.05, 0.1) is 22.1 Å². The first-order chi connectivity index (χ1) is 14.9. The van der Waals surface area contributed by atoms with Gasteiger partial charge in [-0.2, -0.15) is 9.78 Å². The molecule has 0 aliphatic carbocycles. The monoisotopic (exact) mass is 499 g/mol. The zero-order valence-electron chi connectivity index (χ0n) is 16.3. The summed E-state index contributed by atoms with van der Waals surface area (Å²) >= 11 is 9.70. The first-order valence-electron chi connectivity index (χ1n) is 9.31. The van der Waals surface area contributed by atoms with Gasteiger partial charge in [-0.05, 0) is 66.6 Å². The molecule has 0 aliphatic rings. The van der Waals surface area contributed by atoms with E-state index in [0.29, 0.717) is 33.1 Å². The molecule has 3 aromatic carbocycles. The molecule has 1 aromatic heterocycles. The lowest BCUT2D eigenvalue weighted by molar-refractivity contribution is 0.306. The Balaban J connectivity index is 1.55. The smallest absolute Gasteiger partial charge is 0.282 e. The lowest BCUT2D eigenvalue weighted by Crippen LogP contribution is -2.20. The molecule has 0 spiro atoms. The van der Waals surface area contributed by atoms with Crippen LogP contribution in [0.25, 0.3) is 10.9 Å². The second-order valence-electron chi connectivity index (χ2n) is 6.79. The van der Waals surface area contributed by atoms with E-state index in [1.54, 1.807) is 49.4 Å². The second kappa shape index (κ2) is 8.99. The van der Waals surface area contributed by atoms with Crippen molar-refractivity contribution in [1.82, 2.24) is 9.66 Å². The minimum atomic E-state index is -0.297. The van der Waals surface area contributed by atoms with Crippen LogP contribution in [0.4, 0.5) is 4.39 Å². The molecule has 0 amide bonds. The molecule has 8 heteroatoms. The van der Waals surface area contributed by atoms with E-state index < -0.39 is 0 Å². The fourth-order valence-electron chi connectivity index (χ4n) is 2.98. The van der Waals surface area contributed by atoms with Crippen LogP contribution in [-0.2, 0) is 6.61 Å². The van der Waals surface area contributed by atoms with Crippen LogP contribution in [0.5, 0.6) is 5.75 Å². The largest absolute Gasteiger partial charge is 0.487 e. The Bertz CT molecular complexity index is 1350. The zero-order chi connectivity index (χ0) is 22.0. The Morgan fingerprint density at radius 1 is 1.16 bits per heavy atom. The number of ether oxygens (including phenoxy) is 1. The van der Waals surface area contributed by atoms with Gasteiger partial charge < -0.3 is 4.74 Å². The van der Waals surface area contributed by atoms with E-state index >= 15 is 0 Å². The molecular weight excluding hydrogens is 485 g/mol. The third kappa shape index (κ3) is 4.84. The number of benzene rings is 3. The van der Waals surface area contributed by atoms with Crippen LogP contribution in [0.2, 0.25) is 5.02 Å². The average molecular weight is 501 g/mol. The summed E-state index contributed by atoms with van der Waals surface area (Å²) in [5.74, 6) is 0.671. The van der Waals surface area contributed by atoms with E-state index in [9.17, 15) is 9.18 Å². The summed E-state index contributed by atoms with van der Waals surface area (Å²) in [5, 5.41) is 5.17. The van der Waals surface area contributed by atoms with Crippen LogP contribution in [0.3, 0.4) is 0 Å². The van der Waals surface area contributed by atoms with Crippen LogP contribution >= 0.6 is 27.5 Å². The van der Waals surface area contributed by atoms with E-state index in [4.69, 9.17) is 16.3 Å². The molecule has 0 bridgehead atoms. The highest BCUT2D eigenvalue weighted by Gasteiger charge is 2.08. The number of fused-ring (bicyclic) bond motifs is 1. The van der Waals surface area contributed by atoms with Crippen molar-refractivity contribution in [2.24, 2.45) is 5.10 Å². The third-order valence-corrected chi connectivity index (χ3v) is 5.34. The van der Waals surface area contributed by atoms with Gasteiger partial charge in [0, 0.05) is 4.47 Å². The van der Waals surface area contributed by atoms with Crippen molar-refractivity contribution in [3.8, 4) is 5.75 Å². The number of rotatable bonds is 5. The fourth-order valence-corrected chi connectivity index (χ4v) is 3.58. The molecule has 4 aromatic rings. The normalized spacial score (nSPS) is 11.4. The van der Waals surface area contributed by atoms with E-state index in [1.807, 2.05) is 6.07 Å². The molecule has 0 radical (unpaired) electrons. The maximum absolute atomic E-state index is 13.0. The molecule has 0 saturated carbocycles. The number of nitrogens with zero attached hydrogens (tertiary/aromatic N) is 3. The number of hydrogen-bond donors (Lipinski definition) is 0. The zero-order valence-corrected chi connectivity index (χ0v) is 18.7. The van der Waals surface area contributed by atoms with Gasteiger partial charge in [0.25, 0.3) is 5.56 Å². The quantitative estimate of drug-likeness (QED) is 0.329. The Labute approximate surface area is 190 Å². The first kappa shape index (κ1) is 21.2. The van der Waals surface area contributed by atoms with Crippen molar-refractivity contribution in [2.45, 2.75) is 13.5 Å². The summed E-state index contributed by atoms with van der Waals surface area (Å²) in [7, 11) is 0. The number of aromatic nitrogens is 2. The van der Waals surface area contributed by atoms with Gasteiger partial charge in [0.2, 0.25) is 0 Å². The predicted octanol–water partition coefficient (Wildman–Crippen LogP) is 5.72. The molecule has 4 rings (SSSR count). The van der Waals surface area contributed by atoms with Gasteiger partial charge in [-0.25, -0.2) is 9.37 Å². The standard InChI is InChI=1S/C23H16BrClFN3O2/c1-14-28-21-8-5-17(24)11-19(21)23(30)29(14)27-12-16-4-9-22(20(25)10-16)31-13-15-2-6-18(26)7-3-15/h2-12H,13H2,1H3. The molecule has 1 heterocycles. The predicted molar refractivity (Wildman–Crippen MR) is 124 cm³/mol. The topological polar surface area (TPSA) is 56.5 Å². The third-order valence-electron chi connectivity index (χ3n) is 4.56. The fraction of sp³-hybridized carbons (Fsp3) is 0.0870. The first-order valence-corrected chi connectivity index (χ1v) is 10.5. The van der Waals surface area contributed by atoms with E-state index in [0.717, 1.165) is 10.0 Å². The number of aryl methyl sites for hydroxylation is 1. The maximum Gasteiger partial charge on any atom is 0.282 e. The summed E-state index contributed by atoms with van der Waals surface area (Å²) in [6.45, 7) is 1.99. The van der Waals surface area contributed by atoms with E-state index in [2.05, 4.69) is 26.0 Å². The summed E-state index contributed by atoms with van der Waals surface area (Å²) in [4.78, 5) is 17.2. The van der Waals surface area contributed by atoms with Gasteiger partial charge in [-0.1, -0.05) is 39.7 Å². The molecular formula is C23H16BrClFN3O2. The van der Waals surface area contributed by atoms with Gasteiger partial charge in [0.1, 0.15) is 24.0 Å². The highest BCUT2D eigenvalue weighted by Crippen LogP contribution is 2.26. The van der Waals surface area contributed by atoms with Crippen molar-refractivity contribution in [1.29, 1.82) is 0 Å². The number of halogens is 3. The van der Waals surface area contributed by atoms with Crippen molar-refractivity contribution in [2.75, 3.05) is 0 Å². The SMILES string of the molecule is Cc1nc2ccc(Br)cc2c(=O)n1N=Cc1ccc(OCc2ccc(F)cc2)c(Cl)c1. The minimum absolute atomic E-state index is 0.259. The van der Waals surface area contributed by atoms with Gasteiger partial charge in [-0.3, -0.25) is 4.79 Å². The highest BCUT2D eigenvalue weighted by atomic mass is 79.9. The molecule has 0 fully saturated rings. The average Bonchev–Trinajstić information content (AvgIpc) is 2.75. The Kier molecular flexibility index (Phi) is 6.15. The van der Waals surface area contributed by atoms with Crippen LogP contribution in [0.1, 0.15) is 17.0 Å². The van der Waals surface area contributed by atoms with Gasteiger partial charge >= 0.3 is 0 Å². The van der Waals surface area contributed by atoms with E-state index in [-0.39, 0.29) is 18.0 Å². The summed E-state index contributed by atoms with van der Waals surface area (Å²) in [6.07, 6.45) is 1.54. The Morgan fingerprint density at radius 2 is 1.94 bits per heavy atom. The molecule has 31 heavy (non-hydrogen) atoms. The summed E-state index contributed by atoms with van der Waals surface area (Å²) in [6, 6.07) is 16.6. The Morgan fingerprint density at radius 3 is 2.68 bits per heavy atom. The number of hydrogen-bond acceptors (Lipinski definition) is 4. The van der Waals surface area contributed by atoms with Crippen LogP contribution in [-0.4, -0.2) is 15.9 Å². The molecule has 5 nitrogen and oxygen atoms in total. The lowest BCUT2D eigenvalue weighted by Gasteiger charge is -2.09. The summed E-state index contributed by atoms with van der Waals surface area (Å²) in [5.41, 5.74) is 1.88. The van der Waals surface area contributed by atoms with Crippen molar-refractivity contribution >= 4 is 44.6 Å². The molecule has 0 atom stereocenters. The minimum Gasteiger partial charge on any atom is -0.487 e. The molecule has 0 saturated heterocycles. The second-order valence-corrected chi connectivity index (χ2v) is 8.11. The highest BCUT2D eigenvalue weighted by molar-refractivity contribution is 9.10. The van der Waals surface area contributed by atoms with Crippen LogP contribution in [0, 0.1) is 12.7 Å². The molecule has 0 aliphatic heterocycles. The van der Waals surface area contributed by atoms with Crippen LogP contribution in [0.15, 0.2) is 75.0 Å². The molecule has 0 unspecified atom stereocenters. The maximum atomic E-state index is 13.0.